The molecule has 0 aromatic carbocycles. The molecule has 1 unspecified atom stereocenters. The van der Waals surface area contributed by atoms with Crippen LogP contribution in [-0.4, -0.2) is 74.7 Å². The highest BCUT2D eigenvalue weighted by molar-refractivity contribution is 8.00. The van der Waals surface area contributed by atoms with Gasteiger partial charge in [-0.3, -0.25) is 19.3 Å². The van der Waals surface area contributed by atoms with Crippen molar-refractivity contribution in [2.45, 2.75) is 31.3 Å². The Balaban J connectivity index is 1.77. The molecule has 0 saturated carbocycles. The fourth-order valence-electron chi connectivity index (χ4n) is 3.32. The number of aromatic nitrogens is 1. The number of carboxylic acids is 1. The summed E-state index contributed by atoms with van der Waals surface area (Å²) in [5.41, 5.74) is 0.0340. The molecule has 0 radical (unpaired) electrons. The molecule has 3 heterocycles. The number of carboxylic acid groups (broad SMARTS) is 1. The van der Waals surface area contributed by atoms with Crippen LogP contribution in [0.15, 0.2) is 35.8 Å². The van der Waals surface area contributed by atoms with Gasteiger partial charge in [-0.05, 0) is 19.1 Å². The lowest BCUT2D eigenvalue weighted by atomic mass is 10.0. The lowest BCUT2D eigenvalue weighted by Crippen LogP contribution is -2.71. The van der Waals surface area contributed by atoms with E-state index in [-0.39, 0.29) is 24.7 Å². The molecule has 0 bridgehead atoms. The zero-order valence-electron chi connectivity index (χ0n) is 16.8. The van der Waals surface area contributed by atoms with Crippen LogP contribution in [0.2, 0.25) is 0 Å². The van der Waals surface area contributed by atoms with Crippen molar-refractivity contribution < 1.29 is 38.6 Å². The number of nitrogens with one attached hydrogen (secondary N) is 1. The van der Waals surface area contributed by atoms with Crippen LogP contribution in [0.3, 0.4) is 0 Å². The number of aliphatic carboxylic acids is 1. The molecule has 0 aliphatic carbocycles. The summed E-state index contributed by atoms with van der Waals surface area (Å²) in [6.07, 6.45) is 3.05. The summed E-state index contributed by atoms with van der Waals surface area (Å²) in [6, 6.07) is 0.955. The van der Waals surface area contributed by atoms with E-state index in [9.17, 15) is 29.1 Å². The highest BCUT2D eigenvalue weighted by Crippen LogP contribution is 2.40. The number of β-lactam (4-membered cyclic amide) rings is 1. The quantitative estimate of drug-likeness (QED) is 0.314. The SMILES string of the molecule is CCOC(=O)C(C(=O)N[C@@H]1C(=O)N2C(C(=O)O)=C(COC(C)=O)CS[C@H]12)n1cccc1. The predicted octanol–water partition coefficient (Wildman–Crippen LogP) is -0.106. The standard InChI is InChI=1S/C19H21N3O8S/c1-3-29-19(28)14(21-6-4-5-7-21)15(24)20-12-16(25)22-13(18(26)27)11(8-30-10(2)23)9-31-17(12)22/h4-7,12,14,17H,3,8-9H2,1-2H3,(H,20,24)(H,26,27)/t12-,14?,17-/m1/s1. The Labute approximate surface area is 181 Å². The van der Waals surface area contributed by atoms with Crippen LogP contribution in [-0.2, 0) is 33.4 Å². The van der Waals surface area contributed by atoms with Gasteiger partial charge in [0.15, 0.2) is 0 Å². The molecule has 0 spiro atoms. The van der Waals surface area contributed by atoms with Gasteiger partial charge in [0, 0.05) is 30.6 Å². The maximum absolute atomic E-state index is 12.8. The molecule has 2 aliphatic rings. The summed E-state index contributed by atoms with van der Waals surface area (Å²) >= 11 is 1.23. The van der Waals surface area contributed by atoms with Crippen molar-refractivity contribution in [1.29, 1.82) is 0 Å². The fraction of sp³-hybridized carbons (Fsp3) is 0.421. The predicted molar refractivity (Wildman–Crippen MR) is 106 cm³/mol. The molecule has 1 fully saturated rings. The van der Waals surface area contributed by atoms with Crippen molar-refractivity contribution in [1.82, 2.24) is 14.8 Å². The maximum atomic E-state index is 12.8. The van der Waals surface area contributed by atoms with Gasteiger partial charge in [-0.15, -0.1) is 11.8 Å². The van der Waals surface area contributed by atoms with E-state index in [1.807, 2.05) is 0 Å². The number of nitrogens with zero attached hydrogens (tertiary/aromatic N) is 2. The summed E-state index contributed by atoms with van der Waals surface area (Å²) in [4.78, 5) is 61.7. The third-order valence-corrected chi connectivity index (χ3v) is 6.02. The second kappa shape index (κ2) is 9.25. The van der Waals surface area contributed by atoms with E-state index in [1.54, 1.807) is 19.1 Å². The van der Waals surface area contributed by atoms with Gasteiger partial charge in [0.05, 0.1) is 6.61 Å². The summed E-state index contributed by atoms with van der Waals surface area (Å²) in [6.45, 7) is 2.65. The van der Waals surface area contributed by atoms with Crippen molar-refractivity contribution in [3.8, 4) is 0 Å². The molecule has 3 rings (SSSR count). The van der Waals surface area contributed by atoms with Gasteiger partial charge in [0.2, 0.25) is 6.04 Å². The summed E-state index contributed by atoms with van der Waals surface area (Å²) < 4.78 is 11.2. The van der Waals surface area contributed by atoms with Crippen molar-refractivity contribution in [3.05, 3.63) is 35.8 Å². The molecule has 2 amide bonds. The van der Waals surface area contributed by atoms with E-state index in [1.165, 1.54) is 35.6 Å². The minimum atomic E-state index is -1.33. The average Bonchev–Trinajstić information content (AvgIpc) is 3.23. The highest BCUT2D eigenvalue weighted by atomic mass is 32.2. The van der Waals surface area contributed by atoms with Crippen LogP contribution in [0, 0.1) is 0 Å². The van der Waals surface area contributed by atoms with E-state index >= 15 is 0 Å². The first-order valence-electron chi connectivity index (χ1n) is 9.39. The zero-order chi connectivity index (χ0) is 22.7. The Morgan fingerprint density at radius 3 is 2.52 bits per heavy atom. The van der Waals surface area contributed by atoms with Crippen molar-refractivity contribution >= 4 is 41.5 Å². The number of fused-ring (bicyclic) bond motifs is 1. The Kier molecular flexibility index (Phi) is 6.68. The molecule has 12 heteroatoms. The molecule has 3 atom stereocenters. The molecule has 11 nitrogen and oxygen atoms in total. The molecular formula is C19H21N3O8S. The second-order valence-corrected chi connectivity index (χ2v) is 7.82. The van der Waals surface area contributed by atoms with E-state index in [0.717, 1.165) is 4.90 Å². The van der Waals surface area contributed by atoms with E-state index < -0.39 is 47.2 Å². The number of hydrogen-bond donors (Lipinski definition) is 2. The first kappa shape index (κ1) is 22.4. The van der Waals surface area contributed by atoms with E-state index in [0.29, 0.717) is 5.57 Å². The van der Waals surface area contributed by atoms with Crippen LogP contribution in [0.5, 0.6) is 0 Å². The Morgan fingerprint density at radius 2 is 1.94 bits per heavy atom. The van der Waals surface area contributed by atoms with E-state index in [2.05, 4.69) is 5.32 Å². The van der Waals surface area contributed by atoms with Gasteiger partial charge in [-0.25, -0.2) is 9.59 Å². The first-order chi connectivity index (χ1) is 14.8. The van der Waals surface area contributed by atoms with Gasteiger partial charge in [-0.2, -0.15) is 0 Å². The van der Waals surface area contributed by atoms with Crippen LogP contribution in [0.25, 0.3) is 0 Å². The maximum Gasteiger partial charge on any atom is 0.352 e. The Hall–Kier alpha value is -3.28. The number of ether oxygens (including phenoxy) is 2. The van der Waals surface area contributed by atoms with Crippen molar-refractivity contribution in [2.75, 3.05) is 19.0 Å². The van der Waals surface area contributed by atoms with Crippen LogP contribution in [0.1, 0.15) is 19.9 Å². The highest BCUT2D eigenvalue weighted by Gasteiger charge is 2.54. The number of thioether (sulfide) groups is 1. The topological polar surface area (TPSA) is 144 Å². The lowest BCUT2D eigenvalue weighted by molar-refractivity contribution is -0.155. The Bertz CT molecular complexity index is 942. The molecule has 1 aromatic heterocycles. The normalized spacial score (nSPS) is 21.0. The number of esters is 2. The molecule has 31 heavy (non-hydrogen) atoms. The van der Waals surface area contributed by atoms with Crippen LogP contribution >= 0.6 is 11.8 Å². The van der Waals surface area contributed by atoms with Gasteiger partial charge in [0.1, 0.15) is 23.7 Å². The number of amides is 2. The fourth-order valence-corrected chi connectivity index (χ4v) is 4.65. The Morgan fingerprint density at radius 1 is 1.26 bits per heavy atom. The molecule has 1 saturated heterocycles. The second-order valence-electron chi connectivity index (χ2n) is 6.72. The van der Waals surface area contributed by atoms with Crippen molar-refractivity contribution in [3.63, 3.8) is 0 Å². The molecule has 2 aliphatic heterocycles. The molecular weight excluding hydrogens is 430 g/mol. The minimum Gasteiger partial charge on any atom is -0.477 e. The number of hydrogen-bond acceptors (Lipinski definition) is 8. The van der Waals surface area contributed by atoms with Crippen LogP contribution in [0.4, 0.5) is 0 Å². The summed E-state index contributed by atoms with van der Waals surface area (Å²) in [5.74, 6) is -3.83. The minimum absolute atomic E-state index is 0.0797. The van der Waals surface area contributed by atoms with Crippen LogP contribution < -0.4 is 5.32 Å². The molecule has 166 valence electrons. The number of carbonyl (C=O) groups excluding carboxylic acids is 4. The lowest BCUT2D eigenvalue weighted by Gasteiger charge is -2.49. The first-order valence-corrected chi connectivity index (χ1v) is 10.4. The monoisotopic (exact) mass is 451 g/mol. The third-order valence-electron chi connectivity index (χ3n) is 4.68. The third kappa shape index (κ3) is 4.43. The van der Waals surface area contributed by atoms with Gasteiger partial charge < -0.3 is 24.5 Å². The average molecular weight is 451 g/mol. The molecule has 2 N–H and O–H groups in total. The van der Waals surface area contributed by atoms with E-state index in [4.69, 9.17) is 9.47 Å². The van der Waals surface area contributed by atoms with Crippen molar-refractivity contribution in [2.24, 2.45) is 0 Å². The summed E-state index contributed by atoms with van der Waals surface area (Å²) in [7, 11) is 0. The molecule has 1 aromatic rings. The number of rotatable bonds is 8. The van der Waals surface area contributed by atoms with Gasteiger partial charge in [0.25, 0.3) is 11.8 Å². The largest absolute Gasteiger partial charge is 0.477 e. The zero-order valence-corrected chi connectivity index (χ0v) is 17.6. The smallest absolute Gasteiger partial charge is 0.352 e. The van der Waals surface area contributed by atoms with Gasteiger partial charge >= 0.3 is 17.9 Å². The number of carbonyl (C=O) groups is 5. The van der Waals surface area contributed by atoms with Gasteiger partial charge in [-0.1, -0.05) is 0 Å². The summed E-state index contributed by atoms with van der Waals surface area (Å²) in [5, 5.41) is 11.5.